The van der Waals surface area contributed by atoms with Gasteiger partial charge in [-0.1, -0.05) is 130 Å². The van der Waals surface area contributed by atoms with Crippen LogP contribution in [-0.2, 0) is 0 Å². The van der Waals surface area contributed by atoms with E-state index < -0.39 is 4.92 Å². The summed E-state index contributed by atoms with van der Waals surface area (Å²) in [5.41, 5.74) is 21.5. The molecular formula is C81H89ClN12O2S5. The minimum Gasteiger partial charge on any atom is -0.312 e. The quantitative estimate of drug-likeness (QED) is 0.114. The van der Waals surface area contributed by atoms with Crippen molar-refractivity contribution in [3.05, 3.63) is 247 Å². The number of aromatic nitrogens is 9. The third kappa shape index (κ3) is 20.6. The van der Waals surface area contributed by atoms with Crippen molar-refractivity contribution >= 4 is 125 Å². The minimum absolute atomic E-state index is 0.0232. The predicted molar refractivity (Wildman–Crippen MR) is 437 cm³/mol. The molecule has 0 spiro atoms. The highest BCUT2D eigenvalue weighted by Gasteiger charge is 2.25. The lowest BCUT2D eigenvalue weighted by molar-refractivity contribution is -0.385. The van der Waals surface area contributed by atoms with Gasteiger partial charge >= 0.3 is 0 Å². The van der Waals surface area contributed by atoms with Crippen molar-refractivity contribution in [3.63, 3.8) is 0 Å². The van der Waals surface area contributed by atoms with Gasteiger partial charge in [-0.2, -0.15) is 0 Å². The third-order valence-electron chi connectivity index (χ3n) is 14.8. The number of fused-ring (bicyclic) bond motifs is 5. The van der Waals surface area contributed by atoms with E-state index in [-0.39, 0.29) is 10.7 Å². The van der Waals surface area contributed by atoms with E-state index in [1.165, 1.54) is 74.6 Å². The molecule has 101 heavy (non-hydrogen) atoms. The van der Waals surface area contributed by atoms with E-state index in [9.17, 15) is 10.1 Å². The Labute approximate surface area is 619 Å². The zero-order valence-electron chi connectivity index (χ0n) is 61.3. The fourth-order valence-corrected chi connectivity index (χ4v) is 15.6. The van der Waals surface area contributed by atoms with Gasteiger partial charge in [0.05, 0.1) is 67.4 Å². The highest BCUT2D eigenvalue weighted by molar-refractivity contribution is 7.23. The van der Waals surface area contributed by atoms with Crippen LogP contribution in [0.2, 0.25) is 5.02 Å². The Morgan fingerprint density at radius 1 is 0.347 bits per heavy atom. The van der Waals surface area contributed by atoms with Gasteiger partial charge < -0.3 is 9.80 Å². The average molecular weight is 1460 g/mol. The SMILES string of the molecule is CC.CC.CN(C)C.CN(C)C.Cc1c(Cl)c([N+](=O)[O-])c(C)c2sc(-c3ccccc3)nc12.Cc1ccc(C)c2sc(-c3ccccn3)nc12.Cc1ccc(C)c2sc(-c3ccccn3)nc12.Cc1ccc(C)c2sc(-c3cccnc3)nc12.Cc1ccc(C)c2sc(-c3cccnc3)nc12. The second kappa shape index (κ2) is 38.1. The molecule has 0 bridgehead atoms. The zero-order valence-corrected chi connectivity index (χ0v) is 66.2. The zero-order chi connectivity index (χ0) is 73.6. The minimum atomic E-state index is -0.425. The molecule has 0 radical (unpaired) electrons. The van der Waals surface area contributed by atoms with Gasteiger partial charge in [0.15, 0.2) is 0 Å². The highest BCUT2D eigenvalue weighted by atomic mass is 35.5. The summed E-state index contributed by atoms with van der Waals surface area (Å²) in [4.78, 5) is 55.2. The molecule has 20 heteroatoms. The summed E-state index contributed by atoms with van der Waals surface area (Å²) in [6.45, 7) is 28.4. The van der Waals surface area contributed by atoms with Crippen LogP contribution >= 0.6 is 68.3 Å². The normalized spacial score (nSPS) is 10.5. The van der Waals surface area contributed by atoms with Crippen LogP contribution in [0, 0.1) is 79.4 Å². The Morgan fingerprint density at radius 2 is 0.644 bits per heavy atom. The number of aryl methyl sites for hydroxylation is 10. The number of benzene rings is 6. The lowest BCUT2D eigenvalue weighted by atomic mass is 10.1. The fourth-order valence-electron chi connectivity index (χ4n) is 9.76. The van der Waals surface area contributed by atoms with E-state index in [1.54, 1.807) is 84.0 Å². The number of pyridine rings is 4. The Kier molecular flexibility index (Phi) is 29.9. The van der Waals surface area contributed by atoms with Crippen molar-refractivity contribution in [1.82, 2.24) is 54.7 Å². The molecule has 6 aromatic carbocycles. The molecule has 0 aliphatic carbocycles. The molecule has 0 saturated heterocycles. The van der Waals surface area contributed by atoms with E-state index >= 15 is 0 Å². The van der Waals surface area contributed by atoms with Crippen molar-refractivity contribution < 1.29 is 4.92 Å². The largest absolute Gasteiger partial charge is 0.312 e. The highest BCUT2D eigenvalue weighted by Crippen LogP contribution is 2.43. The van der Waals surface area contributed by atoms with Crippen LogP contribution in [0.1, 0.15) is 83.3 Å². The van der Waals surface area contributed by atoms with Crippen LogP contribution in [0.5, 0.6) is 0 Å². The molecule has 522 valence electrons. The molecule has 0 saturated carbocycles. The molecule has 0 aliphatic rings. The maximum absolute atomic E-state index is 11.2. The van der Waals surface area contributed by atoms with Crippen molar-refractivity contribution in [1.29, 1.82) is 0 Å². The molecule has 0 aliphatic heterocycles. The number of hydrogen-bond acceptors (Lipinski definition) is 18. The van der Waals surface area contributed by atoms with E-state index in [1.807, 2.05) is 171 Å². The number of rotatable bonds is 6. The van der Waals surface area contributed by atoms with Crippen LogP contribution < -0.4 is 0 Å². The second-order valence-electron chi connectivity index (χ2n) is 23.9. The lowest BCUT2D eigenvalue weighted by Crippen LogP contribution is -1.99. The second-order valence-corrected chi connectivity index (χ2v) is 29.3. The first-order valence-electron chi connectivity index (χ1n) is 33.1. The van der Waals surface area contributed by atoms with Crippen LogP contribution in [-0.4, -0.2) is 102 Å². The van der Waals surface area contributed by atoms with Gasteiger partial charge in [0.2, 0.25) is 0 Å². The maximum Gasteiger partial charge on any atom is 0.292 e. The molecule has 0 amide bonds. The van der Waals surface area contributed by atoms with Gasteiger partial charge in [-0.15, -0.1) is 56.7 Å². The summed E-state index contributed by atoms with van der Waals surface area (Å²) >= 11 is 14.5. The van der Waals surface area contributed by atoms with Gasteiger partial charge in [-0.3, -0.25) is 30.1 Å². The number of hydrogen-bond donors (Lipinski definition) is 0. The predicted octanol–water partition coefficient (Wildman–Crippen LogP) is 23.5. The molecule has 0 N–H and O–H groups in total. The summed E-state index contributed by atoms with van der Waals surface area (Å²) in [7, 11) is 12.0. The summed E-state index contributed by atoms with van der Waals surface area (Å²) in [5, 5.41) is 16.3. The van der Waals surface area contributed by atoms with Crippen LogP contribution in [0.15, 0.2) is 177 Å². The van der Waals surface area contributed by atoms with Crippen LogP contribution in [0.3, 0.4) is 0 Å². The van der Waals surface area contributed by atoms with Gasteiger partial charge in [-0.05, 0) is 205 Å². The molecule has 15 aromatic rings. The van der Waals surface area contributed by atoms with Crippen molar-refractivity contribution in [2.45, 2.75) is 96.9 Å². The molecule has 9 aromatic heterocycles. The van der Waals surface area contributed by atoms with Gasteiger partial charge in [-0.25, -0.2) is 24.9 Å². The number of halogens is 1. The van der Waals surface area contributed by atoms with Crippen molar-refractivity contribution in [3.8, 4) is 53.1 Å². The van der Waals surface area contributed by atoms with E-state index in [0.717, 1.165) is 85.4 Å². The maximum atomic E-state index is 11.2. The summed E-state index contributed by atoms with van der Waals surface area (Å²) in [6, 6.07) is 46.7. The molecular weight excluding hydrogens is 1370 g/mol. The topological polar surface area (TPSA) is 166 Å². The summed E-state index contributed by atoms with van der Waals surface area (Å²) < 4.78 is 5.92. The first kappa shape index (κ1) is 79.3. The van der Waals surface area contributed by atoms with Gasteiger partial charge in [0, 0.05) is 65.0 Å². The van der Waals surface area contributed by atoms with Crippen molar-refractivity contribution in [2.75, 3.05) is 42.3 Å². The number of nitro groups is 1. The first-order valence-corrected chi connectivity index (χ1v) is 37.6. The number of nitrogens with zero attached hydrogens (tertiary/aromatic N) is 12. The number of nitro benzene ring substituents is 1. The fraction of sp³-hybridized carbons (Fsp3) is 0.247. The summed E-state index contributed by atoms with van der Waals surface area (Å²) in [6.07, 6.45) is 10.9. The molecule has 15 rings (SSSR count). The molecule has 0 unspecified atom stereocenters. The Hall–Kier alpha value is -9.02. The summed E-state index contributed by atoms with van der Waals surface area (Å²) in [5.74, 6) is 0. The van der Waals surface area contributed by atoms with Crippen LogP contribution in [0.25, 0.3) is 104 Å². The standard InChI is InChI=1S/C15H11ClN2O2S.4C14H12N2S.2C3H9N.2C2H6/c1-8-11(16)13(18(19)20)9(2)14-12(8)17-15(21-14)10-6-4-3-5-7-10;2*1-9-5-6-10(2)13-12(9)16-14(17-13)11-4-3-7-15-8-11;2*1-9-6-7-10(2)13-12(9)16-14(17-13)11-5-3-4-8-15-11;2*1-4(2)3;2*1-2/h3-7H,1-2H3;4*3-8H,1-2H3;2*1-3H3;2*1-2H3. The van der Waals surface area contributed by atoms with E-state index in [0.29, 0.717) is 11.1 Å². The molecule has 0 atom stereocenters. The Balaban J connectivity index is 0.000000170. The van der Waals surface area contributed by atoms with E-state index in [2.05, 4.69) is 141 Å². The first-order chi connectivity index (χ1) is 48.5. The van der Waals surface area contributed by atoms with E-state index in [4.69, 9.17) is 31.5 Å². The molecule has 0 fully saturated rings. The smallest absolute Gasteiger partial charge is 0.292 e. The van der Waals surface area contributed by atoms with Crippen molar-refractivity contribution in [2.24, 2.45) is 0 Å². The monoisotopic (exact) mass is 1460 g/mol. The van der Waals surface area contributed by atoms with Gasteiger partial charge in [0.25, 0.3) is 5.69 Å². The lowest BCUT2D eigenvalue weighted by Gasteiger charge is -2.04. The van der Waals surface area contributed by atoms with Gasteiger partial charge in [0.1, 0.15) is 30.1 Å². The third-order valence-corrected chi connectivity index (χ3v) is 21.4. The average Bonchev–Trinajstić information content (AvgIpc) is 1.64. The van der Waals surface area contributed by atoms with Crippen LogP contribution in [0.4, 0.5) is 5.69 Å². The molecule has 14 nitrogen and oxygen atoms in total. The number of thiazole rings is 5. The molecule has 9 heterocycles. The Bertz CT molecular complexity index is 4480. The Morgan fingerprint density at radius 3 is 0.960 bits per heavy atom.